The highest BCUT2D eigenvalue weighted by molar-refractivity contribution is 4.78. The SMILES string of the molecule is CCNCC1CCCCC1CC(C)CC. The summed E-state index contributed by atoms with van der Waals surface area (Å²) >= 11 is 0. The van der Waals surface area contributed by atoms with Crippen LogP contribution in [0.15, 0.2) is 0 Å². The third-order valence-corrected chi connectivity index (χ3v) is 4.13. The summed E-state index contributed by atoms with van der Waals surface area (Å²) in [5, 5.41) is 3.54. The largest absolute Gasteiger partial charge is 0.317 e. The lowest BCUT2D eigenvalue weighted by Gasteiger charge is -2.33. The minimum Gasteiger partial charge on any atom is -0.317 e. The summed E-state index contributed by atoms with van der Waals surface area (Å²) in [6, 6.07) is 0. The molecule has 0 radical (unpaired) electrons. The lowest BCUT2D eigenvalue weighted by Crippen LogP contribution is -2.31. The van der Waals surface area contributed by atoms with Crippen LogP contribution >= 0.6 is 0 Å². The van der Waals surface area contributed by atoms with Crippen LogP contribution in [0.25, 0.3) is 0 Å². The molecule has 0 amide bonds. The van der Waals surface area contributed by atoms with E-state index in [1.807, 2.05) is 0 Å². The van der Waals surface area contributed by atoms with Crippen LogP contribution in [-0.4, -0.2) is 13.1 Å². The van der Waals surface area contributed by atoms with Crippen molar-refractivity contribution in [2.24, 2.45) is 17.8 Å². The Morgan fingerprint density at radius 1 is 1.13 bits per heavy atom. The summed E-state index contributed by atoms with van der Waals surface area (Å²) in [4.78, 5) is 0. The molecule has 0 aromatic heterocycles. The van der Waals surface area contributed by atoms with Crippen molar-refractivity contribution >= 4 is 0 Å². The standard InChI is InChI=1S/C14H29N/c1-4-12(3)10-13-8-6-7-9-14(13)11-15-5-2/h12-15H,4-11H2,1-3H3. The third-order valence-electron chi connectivity index (χ3n) is 4.13. The summed E-state index contributed by atoms with van der Waals surface area (Å²) < 4.78 is 0. The van der Waals surface area contributed by atoms with Crippen LogP contribution in [0.1, 0.15) is 59.3 Å². The molecule has 0 aromatic carbocycles. The Morgan fingerprint density at radius 2 is 1.80 bits per heavy atom. The first-order valence-electron chi connectivity index (χ1n) is 6.98. The quantitative estimate of drug-likeness (QED) is 0.704. The highest BCUT2D eigenvalue weighted by atomic mass is 14.8. The van der Waals surface area contributed by atoms with Gasteiger partial charge in [0.25, 0.3) is 0 Å². The molecule has 3 atom stereocenters. The first-order chi connectivity index (χ1) is 7.27. The van der Waals surface area contributed by atoms with Crippen LogP contribution in [0.5, 0.6) is 0 Å². The first-order valence-corrected chi connectivity index (χ1v) is 6.98. The molecule has 90 valence electrons. The molecule has 0 aliphatic heterocycles. The Balaban J connectivity index is 2.35. The van der Waals surface area contributed by atoms with Crippen molar-refractivity contribution in [1.29, 1.82) is 0 Å². The van der Waals surface area contributed by atoms with E-state index in [-0.39, 0.29) is 0 Å². The van der Waals surface area contributed by atoms with E-state index in [1.54, 1.807) is 0 Å². The summed E-state index contributed by atoms with van der Waals surface area (Å²) in [5.74, 6) is 2.90. The third kappa shape index (κ3) is 4.55. The fraction of sp³-hybridized carbons (Fsp3) is 1.00. The Hall–Kier alpha value is -0.0400. The van der Waals surface area contributed by atoms with Crippen molar-refractivity contribution in [3.63, 3.8) is 0 Å². The van der Waals surface area contributed by atoms with Gasteiger partial charge in [0.15, 0.2) is 0 Å². The smallest absolute Gasteiger partial charge is 0.00180 e. The molecule has 1 N–H and O–H groups in total. The zero-order chi connectivity index (χ0) is 11.1. The predicted molar refractivity (Wildman–Crippen MR) is 68.1 cm³/mol. The van der Waals surface area contributed by atoms with E-state index >= 15 is 0 Å². The van der Waals surface area contributed by atoms with Crippen molar-refractivity contribution < 1.29 is 0 Å². The van der Waals surface area contributed by atoms with Gasteiger partial charge in [-0.15, -0.1) is 0 Å². The van der Waals surface area contributed by atoms with Crippen LogP contribution in [-0.2, 0) is 0 Å². The first kappa shape index (κ1) is 13.0. The Bertz CT molecular complexity index is 155. The van der Waals surface area contributed by atoms with Gasteiger partial charge in [0.05, 0.1) is 0 Å². The van der Waals surface area contributed by atoms with E-state index in [2.05, 4.69) is 26.1 Å². The molecule has 3 unspecified atom stereocenters. The zero-order valence-electron chi connectivity index (χ0n) is 10.9. The second kappa shape index (κ2) is 7.27. The molecule has 15 heavy (non-hydrogen) atoms. The van der Waals surface area contributed by atoms with Crippen molar-refractivity contribution in [1.82, 2.24) is 5.32 Å². The van der Waals surface area contributed by atoms with Gasteiger partial charge in [0.1, 0.15) is 0 Å². The summed E-state index contributed by atoms with van der Waals surface area (Å²) in [6.07, 6.45) is 8.71. The fourth-order valence-corrected chi connectivity index (χ4v) is 2.88. The normalized spacial score (nSPS) is 29.0. The summed E-state index contributed by atoms with van der Waals surface area (Å²) in [7, 11) is 0. The molecule has 1 rings (SSSR count). The van der Waals surface area contributed by atoms with Crippen LogP contribution in [0, 0.1) is 17.8 Å². The van der Waals surface area contributed by atoms with E-state index in [0.717, 1.165) is 24.3 Å². The number of hydrogen-bond acceptors (Lipinski definition) is 1. The average molecular weight is 211 g/mol. The Morgan fingerprint density at radius 3 is 2.40 bits per heavy atom. The molecule has 1 saturated carbocycles. The average Bonchev–Trinajstić information content (AvgIpc) is 2.28. The monoisotopic (exact) mass is 211 g/mol. The minimum atomic E-state index is 0.928. The fourth-order valence-electron chi connectivity index (χ4n) is 2.88. The van der Waals surface area contributed by atoms with Crippen molar-refractivity contribution in [2.45, 2.75) is 59.3 Å². The minimum absolute atomic E-state index is 0.928. The van der Waals surface area contributed by atoms with Gasteiger partial charge >= 0.3 is 0 Å². The van der Waals surface area contributed by atoms with Gasteiger partial charge in [-0.3, -0.25) is 0 Å². The van der Waals surface area contributed by atoms with Gasteiger partial charge in [-0.1, -0.05) is 46.5 Å². The maximum Gasteiger partial charge on any atom is -0.00180 e. The van der Waals surface area contributed by atoms with Gasteiger partial charge in [-0.2, -0.15) is 0 Å². The molecule has 1 aliphatic rings. The molecular weight excluding hydrogens is 182 g/mol. The topological polar surface area (TPSA) is 12.0 Å². The molecule has 1 nitrogen and oxygen atoms in total. The second-order valence-corrected chi connectivity index (χ2v) is 5.36. The molecule has 0 saturated heterocycles. The molecule has 0 heterocycles. The highest BCUT2D eigenvalue weighted by Gasteiger charge is 2.25. The Labute approximate surface area is 96.0 Å². The van der Waals surface area contributed by atoms with E-state index in [0.29, 0.717) is 0 Å². The molecule has 0 bridgehead atoms. The Kier molecular flexibility index (Phi) is 6.31. The van der Waals surface area contributed by atoms with Crippen molar-refractivity contribution in [3.8, 4) is 0 Å². The van der Waals surface area contributed by atoms with Crippen LogP contribution in [0.2, 0.25) is 0 Å². The van der Waals surface area contributed by atoms with E-state index in [4.69, 9.17) is 0 Å². The van der Waals surface area contributed by atoms with Crippen LogP contribution in [0.4, 0.5) is 0 Å². The molecule has 1 fully saturated rings. The predicted octanol–water partition coefficient (Wildman–Crippen LogP) is 3.84. The molecule has 1 aliphatic carbocycles. The van der Waals surface area contributed by atoms with Gasteiger partial charge in [0, 0.05) is 0 Å². The van der Waals surface area contributed by atoms with Crippen molar-refractivity contribution in [3.05, 3.63) is 0 Å². The molecule has 1 heteroatoms. The van der Waals surface area contributed by atoms with E-state index < -0.39 is 0 Å². The lowest BCUT2D eigenvalue weighted by atomic mass is 9.75. The van der Waals surface area contributed by atoms with E-state index in [1.165, 1.54) is 45.1 Å². The number of hydrogen-bond donors (Lipinski definition) is 1. The molecule has 0 spiro atoms. The second-order valence-electron chi connectivity index (χ2n) is 5.36. The van der Waals surface area contributed by atoms with Crippen LogP contribution < -0.4 is 5.32 Å². The summed E-state index contributed by atoms with van der Waals surface area (Å²) in [5.41, 5.74) is 0. The summed E-state index contributed by atoms with van der Waals surface area (Å²) in [6.45, 7) is 9.35. The number of nitrogens with one attached hydrogen (secondary N) is 1. The van der Waals surface area contributed by atoms with Gasteiger partial charge < -0.3 is 5.32 Å². The maximum absolute atomic E-state index is 3.54. The van der Waals surface area contributed by atoms with Gasteiger partial charge in [0.2, 0.25) is 0 Å². The van der Waals surface area contributed by atoms with Gasteiger partial charge in [-0.25, -0.2) is 0 Å². The lowest BCUT2D eigenvalue weighted by molar-refractivity contribution is 0.194. The highest BCUT2D eigenvalue weighted by Crippen LogP contribution is 2.34. The van der Waals surface area contributed by atoms with E-state index in [9.17, 15) is 0 Å². The maximum atomic E-state index is 3.54. The van der Waals surface area contributed by atoms with Crippen LogP contribution in [0.3, 0.4) is 0 Å². The zero-order valence-corrected chi connectivity index (χ0v) is 10.9. The number of rotatable bonds is 6. The molecule has 0 aromatic rings. The van der Waals surface area contributed by atoms with Crippen molar-refractivity contribution in [2.75, 3.05) is 13.1 Å². The molecular formula is C14H29N. The van der Waals surface area contributed by atoms with Gasteiger partial charge in [-0.05, 0) is 43.7 Å².